The van der Waals surface area contributed by atoms with Gasteiger partial charge in [-0.3, -0.25) is 9.59 Å². The zero-order chi connectivity index (χ0) is 12.4. The van der Waals surface area contributed by atoms with Crippen molar-refractivity contribution >= 4 is 11.9 Å². The van der Waals surface area contributed by atoms with Crippen molar-refractivity contribution in [2.75, 3.05) is 13.1 Å². The Morgan fingerprint density at radius 3 is 2.94 bits per heavy atom. The number of carboxylic acids is 1. The highest BCUT2D eigenvalue weighted by molar-refractivity contribution is 5.90. The van der Waals surface area contributed by atoms with Gasteiger partial charge in [0.1, 0.15) is 6.26 Å². The molecule has 1 aliphatic rings. The number of rotatable bonds is 2. The van der Waals surface area contributed by atoms with Crippen LogP contribution in [-0.4, -0.2) is 40.0 Å². The van der Waals surface area contributed by atoms with E-state index < -0.39 is 11.9 Å². The first-order valence-electron chi connectivity index (χ1n) is 5.52. The summed E-state index contributed by atoms with van der Waals surface area (Å²) < 4.78 is 5.03. The van der Waals surface area contributed by atoms with Crippen LogP contribution in [0.4, 0.5) is 0 Å². The Kier molecular flexibility index (Phi) is 3.12. The summed E-state index contributed by atoms with van der Waals surface area (Å²) in [4.78, 5) is 28.3. The van der Waals surface area contributed by atoms with E-state index in [2.05, 4.69) is 4.98 Å². The third-order valence-electron chi connectivity index (χ3n) is 2.86. The van der Waals surface area contributed by atoms with Gasteiger partial charge in [-0.05, 0) is 19.8 Å². The van der Waals surface area contributed by atoms with Crippen molar-refractivity contribution in [3.05, 3.63) is 17.8 Å². The number of hydrogen-bond donors (Lipinski definition) is 1. The maximum absolute atomic E-state index is 12.0. The van der Waals surface area contributed by atoms with Crippen LogP contribution in [0, 0.1) is 12.8 Å². The molecule has 92 valence electrons. The molecule has 6 heteroatoms. The molecule has 2 rings (SSSR count). The molecule has 1 aromatic heterocycles. The molecule has 1 N–H and O–H groups in total. The van der Waals surface area contributed by atoms with E-state index in [0.29, 0.717) is 25.1 Å². The fourth-order valence-corrected chi connectivity index (χ4v) is 1.95. The summed E-state index contributed by atoms with van der Waals surface area (Å²) in [5, 5.41) is 8.94. The Balaban J connectivity index is 2.07. The molecular weight excluding hydrogens is 224 g/mol. The number of amides is 1. The second-order valence-electron chi connectivity index (χ2n) is 4.22. The van der Waals surface area contributed by atoms with Crippen molar-refractivity contribution in [1.82, 2.24) is 9.88 Å². The normalized spacial score (nSPS) is 20.3. The van der Waals surface area contributed by atoms with E-state index in [9.17, 15) is 9.59 Å². The van der Waals surface area contributed by atoms with Gasteiger partial charge < -0.3 is 14.4 Å². The van der Waals surface area contributed by atoms with Crippen molar-refractivity contribution in [1.29, 1.82) is 0 Å². The number of likely N-dealkylation sites (tertiary alicyclic amines) is 1. The summed E-state index contributed by atoms with van der Waals surface area (Å²) in [6, 6.07) is 0. The highest BCUT2D eigenvalue weighted by Gasteiger charge is 2.30. The second-order valence-corrected chi connectivity index (χ2v) is 4.22. The van der Waals surface area contributed by atoms with Gasteiger partial charge in [-0.2, -0.15) is 0 Å². The van der Waals surface area contributed by atoms with Crippen LogP contribution in [0.2, 0.25) is 0 Å². The number of piperidine rings is 1. The lowest BCUT2D eigenvalue weighted by Crippen LogP contribution is -2.42. The molecule has 0 saturated carbocycles. The summed E-state index contributed by atoms with van der Waals surface area (Å²) in [7, 11) is 0. The fourth-order valence-electron chi connectivity index (χ4n) is 1.95. The van der Waals surface area contributed by atoms with Crippen LogP contribution in [-0.2, 0) is 4.79 Å². The van der Waals surface area contributed by atoms with Crippen LogP contribution in [0.15, 0.2) is 10.7 Å². The number of carbonyl (C=O) groups is 2. The maximum Gasteiger partial charge on any atom is 0.309 e. The molecule has 0 aliphatic carbocycles. The highest BCUT2D eigenvalue weighted by Crippen LogP contribution is 2.18. The van der Waals surface area contributed by atoms with Gasteiger partial charge in [0.2, 0.25) is 0 Å². The van der Waals surface area contributed by atoms with Crippen LogP contribution in [0.1, 0.15) is 29.2 Å². The number of hydrogen-bond acceptors (Lipinski definition) is 4. The zero-order valence-electron chi connectivity index (χ0n) is 9.55. The molecule has 6 nitrogen and oxygen atoms in total. The first-order chi connectivity index (χ1) is 8.08. The van der Waals surface area contributed by atoms with Crippen molar-refractivity contribution in [3.63, 3.8) is 0 Å². The Morgan fingerprint density at radius 2 is 2.35 bits per heavy atom. The smallest absolute Gasteiger partial charge is 0.309 e. The molecule has 0 aromatic carbocycles. The number of carbonyl (C=O) groups excluding carboxylic acids is 1. The molecule has 0 bridgehead atoms. The van der Waals surface area contributed by atoms with E-state index >= 15 is 0 Å². The summed E-state index contributed by atoms with van der Waals surface area (Å²) in [5.41, 5.74) is 0.639. The number of aromatic nitrogens is 1. The molecule has 17 heavy (non-hydrogen) atoms. The number of aryl methyl sites for hydroxylation is 1. The average molecular weight is 238 g/mol. The number of oxazole rings is 1. The van der Waals surface area contributed by atoms with Gasteiger partial charge in [0.25, 0.3) is 5.89 Å². The van der Waals surface area contributed by atoms with E-state index in [4.69, 9.17) is 9.52 Å². The van der Waals surface area contributed by atoms with Gasteiger partial charge in [-0.1, -0.05) is 0 Å². The first-order valence-corrected chi connectivity index (χ1v) is 5.52. The van der Waals surface area contributed by atoms with Gasteiger partial charge in [0.05, 0.1) is 11.6 Å². The predicted octanol–water partition coefficient (Wildman–Crippen LogP) is 0.920. The molecule has 1 fully saturated rings. The third-order valence-corrected chi connectivity index (χ3v) is 2.86. The Hall–Kier alpha value is -1.85. The van der Waals surface area contributed by atoms with Crippen LogP contribution in [0.3, 0.4) is 0 Å². The Bertz CT molecular complexity index is 440. The van der Waals surface area contributed by atoms with E-state index in [-0.39, 0.29) is 18.3 Å². The minimum atomic E-state index is -0.855. The first kappa shape index (κ1) is 11.6. The zero-order valence-corrected chi connectivity index (χ0v) is 9.55. The Morgan fingerprint density at radius 1 is 1.59 bits per heavy atom. The number of aliphatic carboxylic acids is 1. The lowest BCUT2D eigenvalue weighted by Gasteiger charge is -2.29. The SMILES string of the molecule is Cc1coc(C(=O)N2CCCC(C(=O)O)C2)n1. The van der Waals surface area contributed by atoms with Crippen molar-refractivity contribution in [2.24, 2.45) is 5.92 Å². The van der Waals surface area contributed by atoms with Crippen LogP contribution >= 0.6 is 0 Å². The molecule has 1 aromatic rings. The average Bonchev–Trinajstić information content (AvgIpc) is 2.75. The van der Waals surface area contributed by atoms with Gasteiger partial charge in [0.15, 0.2) is 0 Å². The summed E-state index contributed by atoms with van der Waals surface area (Å²) in [6.07, 6.45) is 2.72. The molecule has 1 unspecified atom stereocenters. The standard InChI is InChI=1S/C11H14N2O4/c1-7-6-17-9(12-7)10(14)13-4-2-3-8(5-13)11(15)16/h6,8H,2-5H2,1H3,(H,15,16). The van der Waals surface area contributed by atoms with E-state index in [1.165, 1.54) is 11.2 Å². The van der Waals surface area contributed by atoms with Crippen LogP contribution < -0.4 is 0 Å². The third kappa shape index (κ3) is 2.46. The van der Waals surface area contributed by atoms with E-state index in [1.54, 1.807) is 6.92 Å². The molecule has 0 radical (unpaired) electrons. The van der Waals surface area contributed by atoms with Gasteiger partial charge in [0, 0.05) is 13.1 Å². The minimum Gasteiger partial charge on any atom is -0.481 e. The molecule has 1 amide bonds. The van der Waals surface area contributed by atoms with E-state index in [1.807, 2.05) is 0 Å². The quantitative estimate of drug-likeness (QED) is 0.828. The largest absolute Gasteiger partial charge is 0.481 e. The predicted molar refractivity (Wildman–Crippen MR) is 57.5 cm³/mol. The molecule has 2 heterocycles. The van der Waals surface area contributed by atoms with Crippen molar-refractivity contribution < 1.29 is 19.1 Å². The molecule has 1 saturated heterocycles. The topological polar surface area (TPSA) is 83.6 Å². The number of nitrogens with zero attached hydrogens (tertiary/aromatic N) is 2. The van der Waals surface area contributed by atoms with Crippen LogP contribution in [0.25, 0.3) is 0 Å². The van der Waals surface area contributed by atoms with E-state index in [0.717, 1.165) is 0 Å². The monoisotopic (exact) mass is 238 g/mol. The van der Waals surface area contributed by atoms with Crippen LogP contribution in [0.5, 0.6) is 0 Å². The lowest BCUT2D eigenvalue weighted by molar-refractivity contribution is -0.143. The minimum absolute atomic E-state index is 0.0357. The highest BCUT2D eigenvalue weighted by atomic mass is 16.4. The summed E-state index contributed by atoms with van der Waals surface area (Å²) in [6.45, 7) is 2.52. The molecule has 0 spiro atoms. The number of carboxylic acid groups (broad SMARTS) is 1. The second kappa shape index (κ2) is 4.57. The Labute approximate surface area is 98.2 Å². The van der Waals surface area contributed by atoms with Gasteiger partial charge >= 0.3 is 11.9 Å². The van der Waals surface area contributed by atoms with Gasteiger partial charge in [-0.25, -0.2) is 4.98 Å². The summed E-state index contributed by atoms with van der Waals surface area (Å²) in [5.74, 6) is -1.63. The molecular formula is C11H14N2O4. The summed E-state index contributed by atoms with van der Waals surface area (Å²) >= 11 is 0. The fraction of sp³-hybridized carbons (Fsp3) is 0.545. The van der Waals surface area contributed by atoms with Gasteiger partial charge in [-0.15, -0.1) is 0 Å². The lowest BCUT2D eigenvalue weighted by atomic mass is 9.98. The van der Waals surface area contributed by atoms with Crippen molar-refractivity contribution in [2.45, 2.75) is 19.8 Å². The molecule has 1 aliphatic heterocycles. The molecule has 1 atom stereocenters. The maximum atomic E-state index is 12.0. The van der Waals surface area contributed by atoms with Crippen molar-refractivity contribution in [3.8, 4) is 0 Å².